The van der Waals surface area contributed by atoms with Gasteiger partial charge in [0.15, 0.2) is 0 Å². The van der Waals surface area contributed by atoms with Crippen molar-refractivity contribution in [2.45, 2.75) is 32.3 Å². The standard InChI is InChI=1S/C18H27N3O2/c1-2-20-9-11-21(12-10-20)17-8-4-3-7-16(17)19-18(22)14-15-6-5-13-23-15/h3-4,7-8,15H,2,5-6,9-14H2,1H3,(H,19,22)/t15-/m0/s1. The fraction of sp³-hybridized carbons (Fsp3) is 0.611. The molecule has 5 nitrogen and oxygen atoms in total. The second-order valence-electron chi connectivity index (χ2n) is 6.33. The normalized spacial score (nSPS) is 22.3. The number of nitrogens with zero attached hydrogens (tertiary/aromatic N) is 2. The zero-order chi connectivity index (χ0) is 16.1. The number of ether oxygens (including phenoxy) is 1. The second kappa shape index (κ2) is 7.79. The van der Waals surface area contributed by atoms with Crippen molar-refractivity contribution in [3.63, 3.8) is 0 Å². The molecule has 1 aromatic rings. The van der Waals surface area contributed by atoms with Gasteiger partial charge < -0.3 is 19.9 Å². The van der Waals surface area contributed by atoms with Crippen molar-refractivity contribution in [2.24, 2.45) is 0 Å². The van der Waals surface area contributed by atoms with Crippen molar-refractivity contribution < 1.29 is 9.53 Å². The van der Waals surface area contributed by atoms with Crippen LogP contribution in [0.3, 0.4) is 0 Å². The molecule has 126 valence electrons. The molecule has 1 atom stereocenters. The van der Waals surface area contributed by atoms with Crippen LogP contribution in [0.1, 0.15) is 26.2 Å². The van der Waals surface area contributed by atoms with E-state index in [1.54, 1.807) is 0 Å². The molecule has 2 fully saturated rings. The third kappa shape index (κ3) is 4.24. The monoisotopic (exact) mass is 317 g/mol. The predicted molar refractivity (Wildman–Crippen MR) is 93.0 cm³/mol. The predicted octanol–water partition coefficient (Wildman–Crippen LogP) is 2.34. The van der Waals surface area contributed by atoms with Crippen molar-refractivity contribution in [1.82, 2.24) is 4.90 Å². The summed E-state index contributed by atoms with van der Waals surface area (Å²) in [5.41, 5.74) is 2.05. The first-order valence-corrected chi connectivity index (χ1v) is 8.74. The van der Waals surface area contributed by atoms with Crippen LogP contribution >= 0.6 is 0 Å². The number of anilines is 2. The SMILES string of the molecule is CCN1CCN(c2ccccc2NC(=O)C[C@@H]2CCCO2)CC1. The Bertz CT molecular complexity index is 521. The third-order valence-corrected chi connectivity index (χ3v) is 4.78. The molecular weight excluding hydrogens is 290 g/mol. The number of piperazine rings is 1. The summed E-state index contributed by atoms with van der Waals surface area (Å²) in [5.74, 6) is 0.0524. The van der Waals surface area contributed by atoms with Crippen molar-refractivity contribution >= 4 is 17.3 Å². The van der Waals surface area contributed by atoms with Crippen LogP contribution in [-0.2, 0) is 9.53 Å². The van der Waals surface area contributed by atoms with Crippen LogP contribution in [-0.4, -0.2) is 56.2 Å². The summed E-state index contributed by atoms with van der Waals surface area (Å²) in [6, 6.07) is 8.11. The minimum absolute atomic E-state index is 0.0524. The fourth-order valence-electron chi connectivity index (χ4n) is 3.37. The van der Waals surface area contributed by atoms with Crippen molar-refractivity contribution in [3.8, 4) is 0 Å². The highest BCUT2D eigenvalue weighted by atomic mass is 16.5. The molecule has 2 aliphatic rings. The Kier molecular flexibility index (Phi) is 5.51. The zero-order valence-corrected chi connectivity index (χ0v) is 14.0. The molecule has 5 heteroatoms. The van der Waals surface area contributed by atoms with Crippen LogP contribution in [0.25, 0.3) is 0 Å². The summed E-state index contributed by atoms with van der Waals surface area (Å²) in [6.07, 6.45) is 2.61. The number of para-hydroxylation sites is 2. The maximum atomic E-state index is 12.3. The van der Waals surface area contributed by atoms with Gasteiger partial charge in [-0.1, -0.05) is 19.1 Å². The Hall–Kier alpha value is -1.59. The van der Waals surface area contributed by atoms with E-state index in [0.29, 0.717) is 6.42 Å². The number of rotatable bonds is 5. The lowest BCUT2D eigenvalue weighted by atomic mass is 10.1. The van der Waals surface area contributed by atoms with E-state index in [2.05, 4.69) is 28.1 Å². The molecule has 23 heavy (non-hydrogen) atoms. The Morgan fingerprint density at radius 2 is 2.04 bits per heavy atom. The van der Waals surface area contributed by atoms with E-state index in [1.165, 1.54) is 0 Å². The highest BCUT2D eigenvalue weighted by Crippen LogP contribution is 2.27. The van der Waals surface area contributed by atoms with Gasteiger partial charge in [-0.3, -0.25) is 4.79 Å². The summed E-state index contributed by atoms with van der Waals surface area (Å²) in [5, 5.41) is 3.09. The Morgan fingerprint density at radius 3 is 2.74 bits per heavy atom. The molecule has 0 bridgehead atoms. The number of hydrogen-bond donors (Lipinski definition) is 1. The lowest BCUT2D eigenvalue weighted by Gasteiger charge is -2.36. The first kappa shape index (κ1) is 16.3. The molecule has 0 aliphatic carbocycles. The quantitative estimate of drug-likeness (QED) is 0.905. The summed E-state index contributed by atoms with van der Waals surface area (Å²) < 4.78 is 5.56. The largest absolute Gasteiger partial charge is 0.378 e. The minimum Gasteiger partial charge on any atom is -0.378 e. The van der Waals surface area contributed by atoms with E-state index in [4.69, 9.17) is 4.74 Å². The molecule has 2 heterocycles. The van der Waals surface area contributed by atoms with Crippen molar-refractivity contribution in [1.29, 1.82) is 0 Å². The molecular formula is C18H27N3O2. The average Bonchev–Trinajstić information content (AvgIpc) is 3.08. The number of likely N-dealkylation sites (N-methyl/N-ethyl adjacent to an activating group) is 1. The lowest BCUT2D eigenvalue weighted by molar-refractivity contribution is -0.118. The third-order valence-electron chi connectivity index (χ3n) is 4.78. The van der Waals surface area contributed by atoms with Crippen LogP contribution < -0.4 is 10.2 Å². The van der Waals surface area contributed by atoms with Crippen molar-refractivity contribution in [2.75, 3.05) is 49.5 Å². The van der Waals surface area contributed by atoms with Crippen LogP contribution in [0, 0.1) is 0 Å². The van der Waals surface area contributed by atoms with Gasteiger partial charge in [0.05, 0.1) is 23.9 Å². The van der Waals surface area contributed by atoms with Gasteiger partial charge >= 0.3 is 0 Å². The van der Waals surface area contributed by atoms with Gasteiger partial charge in [-0.05, 0) is 31.5 Å². The van der Waals surface area contributed by atoms with Gasteiger partial charge in [-0.25, -0.2) is 0 Å². The summed E-state index contributed by atoms with van der Waals surface area (Å²) in [4.78, 5) is 17.1. The van der Waals surface area contributed by atoms with Gasteiger partial charge in [0.25, 0.3) is 0 Å². The van der Waals surface area contributed by atoms with E-state index >= 15 is 0 Å². The summed E-state index contributed by atoms with van der Waals surface area (Å²) in [6.45, 7) is 8.26. The molecule has 1 N–H and O–H groups in total. The average molecular weight is 317 g/mol. The second-order valence-corrected chi connectivity index (χ2v) is 6.33. The Labute approximate surface area is 138 Å². The molecule has 0 aromatic heterocycles. The van der Waals surface area contributed by atoms with E-state index in [0.717, 1.165) is 63.5 Å². The molecule has 3 rings (SSSR count). The summed E-state index contributed by atoms with van der Waals surface area (Å²) in [7, 11) is 0. The number of carbonyl (C=O) groups is 1. The number of nitrogens with one attached hydrogen (secondary N) is 1. The Balaban J connectivity index is 1.62. The Morgan fingerprint density at radius 1 is 1.26 bits per heavy atom. The van der Waals surface area contributed by atoms with Crippen LogP contribution in [0.5, 0.6) is 0 Å². The molecule has 2 aliphatic heterocycles. The zero-order valence-electron chi connectivity index (χ0n) is 14.0. The van der Waals surface area contributed by atoms with Gasteiger partial charge in [-0.15, -0.1) is 0 Å². The topological polar surface area (TPSA) is 44.8 Å². The number of hydrogen-bond acceptors (Lipinski definition) is 4. The molecule has 0 saturated carbocycles. The molecule has 0 spiro atoms. The molecule has 0 unspecified atom stereocenters. The summed E-state index contributed by atoms with van der Waals surface area (Å²) >= 11 is 0. The maximum absolute atomic E-state index is 12.3. The first-order chi connectivity index (χ1) is 11.3. The highest BCUT2D eigenvalue weighted by molar-refractivity contribution is 5.94. The van der Waals surface area contributed by atoms with Crippen LogP contribution in [0.2, 0.25) is 0 Å². The highest BCUT2D eigenvalue weighted by Gasteiger charge is 2.21. The number of amides is 1. The van der Waals surface area contributed by atoms with Gasteiger partial charge in [0.2, 0.25) is 5.91 Å². The maximum Gasteiger partial charge on any atom is 0.227 e. The lowest BCUT2D eigenvalue weighted by Crippen LogP contribution is -2.46. The van der Waals surface area contributed by atoms with E-state index in [-0.39, 0.29) is 12.0 Å². The van der Waals surface area contributed by atoms with E-state index < -0.39 is 0 Å². The van der Waals surface area contributed by atoms with Crippen LogP contribution in [0.4, 0.5) is 11.4 Å². The first-order valence-electron chi connectivity index (χ1n) is 8.74. The van der Waals surface area contributed by atoms with E-state index in [9.17, 15) is 4.79 Å². The molecule has 0 radical (unpaired) electrons. The van der Waals surface area contributed by atoms with Gasteiger partial charge in [0, 0.05) is 32.8 Å². The fourth-order valence-corrected chi connectivity index (χ4v) is 3.37. The molecule has 1 aromatic carbocycles. The van der Waals surface area contributed by atoms with Crippen molar-refractivity contribution in [3.05, 3.63) is 24.3 Å². The van der Waals surface area contributed by atoms with Crippen LogP contribution in [0.15, 0.2) is 24.3 Å². The number of carbonyl (C=O) groups excluding carboxylic acids is 1. The molecule has 2 saturated heterocycles. The minimum atomic E-state index is 0.0524. The van der Waals surface area contributed by atoms with Gasteiger partial charge in [-0.2, -0.15) is 0 Å². The van der Waals surface area contributed by atoms with E-state index in [1.807, 2.05) is 18.2 Å². The molecule has 1 amide bonds. The van der Waals surface area contributed by atoms with Gasteiger partial charge in [0.1, 0.15) is 0 Å². The smallest absolute Gasteiger partial charge is 0.227 e. The number of benzene rings is 1.